The summed E-state index contributed by atoms with van der Waals surface area (Å²) in [6.45, 7) is 5.68. The van der Waals surface area contributed by atoms with Crippen molar-refractivity contribution in [3.05, 3.63) is 59.7 Å². The van der Waals surface area contributed by atoms with Crippen molar-refractivity contribution >= 4 is 0 Å². The van der Waals surface area contributed by atoms with E-state index in [0.29, 0.717) is 12.0 Å². The molecule has 0 bridgehead atoms. The van der Waals surface area contributed by atoms with Crippen molar-refractivity contribution in [3.8, 4) is 11.1 Å². The molecule has 20 heavy (non-hydrogen) atoms. The molecule has 1 heteroatoms. The summed E-state index contributed by atoms with van der Waals surface area (Å²) in [5, 5.41) is 3.70. The number of rotatable bonds is 3. The minimum Gasteiger partial charge on any atom is -0.309 e. The molecule has 2 atom stereocenters. The maximum Gasteiger partial charge on any atom is 0.0323 e. The average Bonchev–Trinajstić information content (AvgIpc) is 2.51. The van der Waals surface area contributed by atoms with Crippen LogP contribution in [-0.4, -0.2) is 6.54 Å². The van der Waals surface area contributed by atoms with Crippen LogP contribution in [-0.2, 0) is 0 Å². The van der Waals surface area contributed by atoms with Gasteiger partial charge in [-0.3, -0.25) is 0 Å². The molecule has 2 aromatic carbocycles. The van der Waals surface area contributed by atoms with Gasteiger partial charge in [-0.15, -0.1) is 0 Å². The van der Waals surface area contributed by atoms with Crippen LogP contribution in [0.3, 0.4) is 0 Å². The van der Waals surface area contributed by atoms with Gasteiger partial charge in [0.15, 0.2) is 0 Å². The molecule has 0 amide bonds. The highest BCUT2D eigenvalue weighted by Gasteiger charge is 2.23. The minimum atomic E-state index is 0.523. The highest BCUT2D eigenvalue weighted by Crippen LogP contribution is 2.35. The predicted molar refractivity (Wildman–Crippen MR) is 85.9 cm³/mol. The second-order valence-electron chi connectivity index (χ2n) is 5.86. The maximum absolute atomic E-state index is 3.70. The van der Waals surface area contributed by atoms with E-state index < -0.39 is 0 Å². The smallest absolute Gasteiger partial charge is 0.0323 e. The van der Waals surface area contributed by atoms with Crippen molar-refractivity contribution < 1.29 is 0 Å². The Kier molecular flexibility index (Phi) is 3.88. The highest BCUT2D eigenvalue weighted by atomic mass is 14.9. The molecule has 1 N–H and O–H groups in total. The van der Waals surface area contributed by atoms with E-state index in [-0.39, 0.29) is 0 Å². The van der Waals surface area contributed by atoms with Crippen LogP contribution >= 0.6 is 0 Å². The van der Waals surface area contributed by atoms with Crippen molar-refractivity contribution in [3.63, 3.8) is 0 Å². The summed E-state index contributed by atoms with van der Waals surface area (Å²) in [7, 11) is 0. The zero-order valence-electron chi connectivity index (χ0n) is 12.4. The number of hydrogen-bond donors (Lipinski definition) is 1. The average molecular weight is 265 g/mol. The highest BCUT2D eigenvalue weighted by molar-refractivity contribution is 5.65. The first-order chi connectivity index (χ1) is 9.79. The Morgan fingerprint density at radius 2 is 1.80 bits per heavy atom. The number of fused-ring (bicyclic) bond motifs is 1. The van der Waals surface area contributed by atoms with E-state index in [1.807, 2.05) is 0 Å². The molecule has 2 aromatic rings. The first-order valence-electron chi connectivity index (χ1n) is 7.72. The molecule has 0 fully saturated rings. The topological polar surface area (TPSA) is 12.0 Å². The Balaban J connectivity index is 2.03. The van der Waals surface area contributed by atoms with Crippen LogP contribution < -0.4 is 5.32 Å². The summed E-state index contributed by atoms with van der Waals surface area (Å²) in [4.78, 5) is 0. The number of nitrogens with one attached hydrogen (secondary N) is 1. The summed E-state index contributed by atoms with van der Waals surface area (Å²) in [5.74, 6) is 0.614. The van der Waals surface area contributed by atoms with Crippen LogP contribution in [0.25, 0.3) is 11.1 Å². The lowest BCUT2D eigenvalue weighted by atomic mass is 9.84. The van der Waals surface area contributed by atoms with Crippen LogP contribution in [0.5, 0.6) is 0 Å². The summed E-state index contributed by atoms with van der Waals surface area (Å²) in [6, 6.07) is 18.2. The quantitative estimate of drug-likeness (QED) is 0.832. The van der Waals surface area contributed by atoms with Gasteiger partial charge < -0.3 is 5.32 Å². The molecule has 1 aliphatic rings. The van der Waals surface area contributed by atoms with Crippen LogP contribution in [0.1, 0.15) is 49.8 Å². The molecule has 3 rings (SSSR count). The third-order valence-electron chi connectivity index (χ3n) is 4.35. The van der Waals surface area contributed by atoms with E-state index in [4.69, 9.17) is 0 Å². The van der Waals surface area contributed by atoms with Gasteiger partial charge in [0.2, 0.25) is 0 Å². The third-order valence-corrected chi connectivity index (χ3v) is 4.35. The van der Waals surface area contributed by atoms with E-state index in [1.165, 1.54) is 35.1 Å². The minimum absolute atomic E-state index is 0.523. The molecule has 0 saturated heterocycles. The van der Waals surface area contributed by atoms with Gasteiger partial charge in [0, 0.05) is 12.6 Å². The summed E-state index contributed by atoms with van der Waals surface area (Å²) >= 11 is 0. The lowest BCUT2D eigenvalue weighted by Crippen LogP contribution is -2.32. The molecule has 0 radical (unpaired) electrons. The molecule has 1 heterocycles. The fourth-order valence-electron chi connectivity index (χ4n) is 3.22. The van der Waals surface area contributed by atoms with Crippen molar-refractivity contribution in [2.24, 2.45) is 0 Å². The molecular formula is C19H23N. The van der Waals surface area contributed by atoms with E-state index in [9.17, 15) is 0 Å². The van der Waals surface area contributed by atoms with Gasteiger partial charge in [0.25, 0.3) is 0 Å². The van der Waals surface area contributed by atoms with Gasteiger partial charge in [-0.05, 0) is 40.7 Å². The SMILES string of the molecule is CCCC1NCC(C)c2ccc(-c3ccccc3)cc21. The number of benzene rings is 2. The predicted octanol–water partition coefficient (Wildman–Crippen LogP) is 4.90. The normalized spacial score (nSPS) is 21.5. The fourth-order valence-corrected chi connectivity index (χ4v) is 3.22. The van der Waals surface area contributed by atoms with Crippen LogP contribution in [0.4, 0.5) is 0 Å². The molecule has 0 aromatic heterocycles. The second-order valence-corrected chi connectivity index (χ2v) is 5.86. The molecule has 2 unspecified atom stereocenters. The van der Waals surface area contributed by atoms with Gasteiger partial charge in [-0.25, -0.2) is 0 Å². The lowest BCUT2D eigenvalue weighted by Gasteiger charge is -2.31. The Hall–Kier alpha value is -1.60. The standard InChI is InChI=1S/C19H23N/c1-3-7-19-18-12-16(15-8-5-4-6-9-15)10-11-17(18)14(2)13-20-19/h4-6,8-12,14,19-20H,3,7,13H2,1-2H3. The first-order valence-corrected chi connectivity index (χ1v) is 7.72. The Bertz CT molecular complexity index is 574. The van der Waals surface area contributed by atoms with Crippen molar-refractivity contribution in [1.82, 2.24) is 5.32 Å². The van der Waals surface area contributed by atoms with E-state index >= 15 is 0 Å². The van der Waals surface area contributed by atoms with Gasteiger partial charge >= 0.3 is 0 Å². The molecule has 0 spiro atoms. The fraction of sp³-hybridized carbons (Fsp3) is 0.368. The van der Waals surface area contributed by atoms with Crippen LogP contribution in [0.2, 0.25) is 0 Å². The molecule has 0 aliphatic carbocycles. The zero-order chi connectivity index (χ0) is 13.9. The zero-order valence-corrected chi connectivity index (χ0v) is 12.4. The summed E-state index contributed by atoms with van der Waals surface area (Å²) in [5.41, 5.74) is 5.68. The number of hydrogen-bond acceptors (Lipinski definition) is 1. The van der Waals surface area contributed by atoms with E-state index in [2.05, 4.69) is 67.7 Å². The molecule has 1 aliphatic heterocycles. The largest absolute Gasteiger partial charge is 0.309 e. The van der Waals surface area contributed by atoms with Crippen molar-refractivity contribution in [2.75, 3.05) is 6.54 Å². The molecular weight excluding hydrogens is 242 g/mol. The van der Waals surface area contributed by atoms with Gasteiger partial charge in [-0.1, -0.05) is 62.7 Å². The van der Waals surface area contributed by atoms with Crippen molar-refractivity contribution in [2.45, 2.75) is 38.6 Å². The van der Waals surface area contributed by atoms with Crippen LogP contribution in [0.15, 0.2) is 48.5 Å². The first kappa shape index (κ1) is 13.4. The van der Waals surface area contributed by atoms with Gasteiger partial charge in [0.1, 0.15) is 0 Å². The third kappa shape index (κ3) is 2.51. The second kappa shape index (κ2) is 5.80. The molecule has 0 saturated carbocycles. The Morgan fingerprint density at radius 1 is 1.00 bits per heavy atom. The Morgan fingerprint density at radius 3 is 2.55 bits per heavy atom. The van der Waals surface area contributed by atoms with Gasteiger partial charge in [-0.2, -0.15) is 0 Å². The van der Waals surface area contributed by atoms with Crippen molar-refractivity contribution in [1.29, 1.82) is 0 Å². The lowest BCUT2D eigenvalue weighted by molar-refractivity contribution is 0.441. The summed E-state index contributed by atoms with van der Waals surface area (Å²) < 4.78 is 0. The van der Waals surface area contributed by atoms with E-state index in [1.54, 1.807) is 0 Å². The van der Waals surface area contributed by atoms with Crippen LogP contribution in [0, 0.1) is 0 Å². The van der Waals surface area contributed by atoms with E-state index in [0.717, 1.165) is 6.54 Å². The van der Waals surface area contributed by atoms with Gasteiger partial charge in [0.05, 0.1) is 0 Å². The molecule has 1 nitrogen and oxygen atoms in total. The monoisotopic (exact) mass is 265 g/mol. The Labute approximate surface area is 122 Å². The summed E-state index contributed by atoms with van der Waals surface area (Å²) in [6.07, 6.45) is 2.44. The maximum atomic E-state index is 3.70. The molecule has 104 valence electrons.